The Kier molecular flexibility index (Phi) is 4.28. The zero-order valence-electron chi connectivity index (χ0n) is 9.82. The van der Waals surface area contributed by atoms with Crippen molar-refractivity contribution in [1.29, 1.82) is 0 Å². The molecule has 1 heterocycles. The van der Waals surface area contributed by atoms with Gasteiger partial charge < -0.3 is 20.6 Å². The van der Waals surface area contributed by atoms with Crippen molar-refractivity contribution < 1.29 is 19.1 Å². The third kappa shape index (κ3) is 3.60. The summed E-state index contributed by atoms with van der Waals surface area (Å²) in [7, 11) is 0. The minimum atomic E-state index is -1.03. The van der Waals surface area contributed by atoms with Crippen LogP contribution in [-0.4, -0.2) is 23.5 Å². The predicted octanol–water partition coefficient (Wildman–Crippen LogP) is -0.0786. The highest BCUT2D eigenvalue weighted by atomic mass is 16.3. The first-order valence-electron chi connectivity index (χ1n) is 5.24. The lowest BCUT2D eigenvalue weighted by molar-refractivity contribution is -0.137. The predicted molar refractivity (Wildman–Crippen MR) is 60.0 cm³/mol. The van der Waals surface area contributed by atoms with E-state index in [-0.39, 0.29) is 6.54 Å². The van der Waals surface area contributed by atoms with Crippen molar-refractivity contribution in [2.45, 2.75) is 26.4 Å². The van der Waals surface area contributed by atoms with Crippen LogP contribution in [0.5, 0.6) is 0 Å². The quantitative estimate of drug-likeness (QED) is 0.640. The number of nitrogens with one attached hydrogen (secondary N) is 1. The number of amides is 2. The lowest BCUT2D eigenvalue weighted by atomic mass is 10.1. The monoisotopic (exact) mass is 240 g/mol. The number of carbonyl (C=O) groups is 2. The maximum atomic E-state index is 10.8. The van der Waals surface area contributed by atoms with E-state index < -0.39 is 17.9 Å². The fourth-order valence-electron chi connectivity index (χ4n) is 1.55. The molecule has 1 unspecified atom stereocenters. The van der Waals surface area contributed by atoms with Crippen LogP contribution in [0.2, 0.25) is 0 Å². The molecule has 6 heteroatoms. The van der Waals surface area contributed by atoms with Gasteiger partial charge >= 0.3 is 11.8 Å². The molecule has 0 aliphatic heterocycles. The molecule has 0 saturated carbocycles. The number of nitrogens with two attached hydrogens (primary N) is 1. The number of furan rings is 1. The molecule has 0 aliphatic carbocycles. The number of aryl methyl sites for hydroxylation is 2. The van der Waals surface area contributed by atoms with Gasteiger partial charge in [0.2, 0.25) is 0 Å². The normalized spacial score (nSPS) is 12.2. The van der Waals surface area contributed by atoms with E-state index in [0.29, 0.717) is 17.7 Å². The van der Waals surface area contributed by atoms with Crippen LogP contribution in [-0.2, 0) is 9.59 Å². The topological polar surface area (TPSA) is 106 Å². The van der Waals surface area contributed by atoms with Crippen molar-refractivity contribution in [3.05, 3.63) is 23.2 Å². The van der Waals surface area contributed by atoms with E-state index in [9.17, 15) is 14.7 Å². The minimum Gasteiger partial charge on any atom is -0.466 e. The van der Waals surface area contributed by atoms with Crippen molar-refractivity contribution in [2.24, 2.45) is 5.73 Å². The molecule has 1 rings (SSSR count). The van der Waals surface area contributed by atoms with Crippen LogP contribution in [0.1, 0.15) is 29.6 Å². The number of aliphatic hydroxyl groups is 1. The van der Waals surface area contributed by atoms with Crippen molar-refractivity contribution in [1.82, 2.24) is 5.32 Å². The van der Waals surface area contributed by atoms with E-state index in [1.54, 1.807) is 19.9 Å². The highest BCUT2D eigenvalue weighted by Crippen LogP contribution is 2.23. The fourth-order valence-corrected chi connectivity index (χ4v) is 1.55. The van der Waals surface area contributed by atoms with Crippen LogP contribution in [0.3, 0.4) is 0 Å². The summed E-state index contributed by atoms with van der Waals surface area (Å²) in [6, 6.07) is 1.75. The molecular formula is C11H16N2O4. The van der Waals surface area contributed by atoms with Crippen LogP contribution in [0.15, 0.2) is 10.5 Å². The van der Waals surface area contributed by atoms with Crippen molar-refractivity contribution in [3.8, 4) is 0 Å². The lowest BCUT2D eigenvalue weighted by Crippen LogP contribution is -2.36. The smallest absolute Gasteiger partial charge is 0.309 e. The number of rotatable bonds is 4. The van der Waals surface area contributed by atoms with Gasteiger partial charge in [-0.15, -0.1) is 0 Å². The Bertz CT molecular complexity index is 425. The average Bonchev–Trinajstić information content (AvgIpc) is 2.57. The summed E-state index contributed by atoms with van der Waals surface area (Å²) in [6.07, 6.45) is -0.445. The van der Waals surface area contributed by atoms with Gasteiger partial charge in [0, 0.05) is 12.1 Å². The minimum absolute atomic E-state index is 0.173. The Morgan fingerprint density at radius 2 is 2.18 bits per heavy atom. The molecule has 0 bridgehead atoms. The Morgan fingerprint density at radius 1 is 1.53 bits per heavy atom. The first-order chi connectivity index (χ1) is 7.91. The summed E-state index contributed by atoms with van der Waals surface area (Å²) in [4.78, 5) is 21.3. The van der Waals surface area contributed by atoms with Crippen LogP contribution >= 0.6 is 0 Å². The number of hydrogen-bond acceptors (Lipinski definition) is 4. The molecule has 0 fully saturated rings. The Labute approximate surface area is 98.8 Å². The van der Waals surface area contributed by atoms with Crippen LogP contribution < -0.4 is 11.1 Å². The second-order valence-corrected chi connectivity index (χ2v) is 3.79. The molecule has 1 atom stereocenters. The van der Waals surface area contributed by atoms with E-state index in [1.807, 2.05) is 0 Å². The highest BCUT2D eigenvalue weighted by molar-refractivity contribution is 6.34. The Hall–Kier alpha value is -1.82. The zero-order chi connectivity index (χ0) is 13.0. The molecular weight excluding hydrogens is 224 g/mol. The second kappa shape index (κ2) is 5.49. The van der Waals surface area contributed by atoms with Gasteiger partial charge in [-0.25, -0.2) is 0 Å². The first kappa shape index (κ1) is 13.2. The third-order valence-electron chi connectivity index (χ3n) is 2.37. The molecule has 0 aromatic carbocycles. The average molecular weight is 240 g/mol. The van der Waals surface area contributed by atoms with Gasteiger partial charge in [-0.3, -0.25) is 9.59 Å². The molecule has 1 aromatic heterocycles. The molecule has 0 radical (unpaired) electrons. The van der Waals surface area contributed by atoms with Gasteiger partial charge in [0.15, 0.2) is 0 Å². The van der Waals surface area contributed by atoms with Gasteiger partial charge in [-0.1, -0.05) is 0 Å². The largest absolute Gasteiger partial charge is 0.466 e. The molecule has 0 saturated heterocycles. The van der Waals surface area contributed by atoms with Crippen LogP contribution in [0.25, 0.3) is 0 Å². The summed E-state index contributed by atoms with van der Waals surface area (Å²) in [6.45, 7) is 3.72. The van der Waals surface area contributed by atoms with Crippen LogP contribution in [0, 0.1) is 13.8 Å². The maximum Gasteiger partial charge on any atom is 0.309 e. The molecule has 2 amide bonds. The maximum absolute atomic E-state index is 10.8. The van der Waals surface area contributed by atoms with Crippen molar-refractivity contribution in [2.75, 3.05) is 6.54 Å². The number of aliphatic hydroxyl groups excluding tert-OH is 1. The summed E-state index contributed by atoms with van der Waals surface area (Å²) < 4.78 is 5.28. The van der Waals surface area contributed by atoms with E-state index in [0.717, 1.165) is 5.76 Å². The molecule has 4 N–H and O–H groups in total. The van der Waals surface area contributed by atoms with E-state index in [2.05, 4.69) is 5.32 Å². The molecule has 0 aliphatic rings. The van der Waals surface area contributed by atoms with Gasteiger partial charge in [0.1, 0.15) is 11.5 Å². The van der Waals surface area contributed by atoms with Gasteiger partial charge in [0.05, 0.1) is 6.10 Å². The molecule has 94 valence electrons. The number of carbonyl (C=O) groups excluding carboxylic acids is 2. The summed E-state index contributed by atoms with van der Waals surface area (Å²) in [5.41, 5.74) is 5.45. The highest BCUT2D eigenvalue weighted by Gasteiger charge is 2.15. The van der Waals surface area contributed by atoms with E-state index in [4.69, 9.17) is 10.2 Å². The SMILES string of the molecule is Cc1cc(C(O)CCNC(=O)C(N)=O)c(C)o1. The number of primary amides is 1. The first-order valence-corrected chi connectivity index (χ1v) is 5.24. The molecule has 6 nitrogen and oxygen atoms in total. The Morgan fingerprint density at radius 3 is 2.65 bits per heavy atom. The molecule has 0 spiro atoms. The van der Waals surface area contributed by atoms with Crippen molar-refractivity contribution in [3.63, 3.8) is 0 Å². The lowest BCUT2D eigenvalue weighted by Gasteiger charge is -2.09. The Balaban J connectivity index is 2.45. The van der Waals surface area contributed by atoms with Crippen molar-refractivity contribution >= 4 is 11.8 Å². The summed E-state index contributed by atoms with van der Waals surface area (Å²) in [5, 5.41) is 12.1. The van der Waals surface area contributed by atoms with E-state index >= 15 is 0 Å². The second-order valence-electron chi connectivity index (χ2n) is 3.79. The summed E-state index contributed by atoms with van der Waals surface area (Å²) in [5.74, 6) is -0.513. The van der Waals surface area contributed by atoms with E-state index in [1.165, 1.54) is 0 Å². The standard InChI is InChI=1S/C11H16N2O4/c1-6-5-8(7(2)17-6)9(14)3-4-13-11(16)10(12)15/h5,9,14H,3-4H2,1-2H3,(H2,12,15)(H,13,16). The van der Waals surface area contributed by atoms with Crippen LogP contribution in [0.4, 0.5) is 0 Å². The molecule has 17 heavy (non-hydrogen) atoms. The van der Waals surface area contributed by atoms with Gasteiger partial charge in [0.25, 0.3) is 0 Å². The fraction of sp³-hybridized carbons (Fsp3) is 0.455. The zero-order valence-corrected chi connectivity index (χ0v) is 9.82. The van der Waals surface area contributed by atoms with Gasteiger partial charge in [-0.2, -0.15) is 0 Å². The number of hydrogen-bond donors (Lipinski definition) is 3. The summed E-state index contributed by atoms with van der Waals surface area (Å²) >= 11 is 0. The molecule has 1 aromatic rings. The third-order valence-corrected chi connectivity index (χ3v) is 2.37. The van der Waals surface area contributed by atoms with Gasteiger partial charge in [-0.05, 0) is 26.3 Å².